The van der Waals surface area contributed by atoms with Crippen molar-refractivity contribution >= 4 is 5.78 Å². The molecule has 2 saturated heterocycles. The zero-order valence-corrected chi connectivity index (χ0v) is 10.2. The number of hydrogen-bond acceptors (Lipinski definition) is 3. The molecule has 0 radical (unpaired) electrons. The highest BCUT2D eigenvalue weighted by Gasteiger charge is 2.47. The maximum atomic E-state index is 13.4. The summed E-state index contributed by atoms with van der Waals surface area (Å²) in [7, 11) is 0. The number of fused-ring (bicyclic) bond motifs is 1. The second-order valence-electron chi connectivity index (χ2n) is 5.94. The molecule has 1 saturated carbocycles. The molecule has 0 bridgehead atoms. The monoisotopic (exact) mass is 240 g/mol. The molecule has 3 aliphatic rings. The Morgan fingerprint density at radius 3 is 2.76 bits per heavy atom. The molecule has 1 aliphatic carbocycles. The molecule has 96 valence electrons. The standard InChI is InChI=1S/C13H21FN2O/c14-9-1-2-11-10(7-9)12(17)8-13(16-11)3-5-15-6-4-13/h9-11,15-16H,1-8H2. The first-order chi connectivity index (χ1) is 8.19. The Balaban J connectivity index is 1.75. The third-order valence-electron chi connectivity index (χ3n) is 4.76. The van der Waals surface area contributed by atoms with Crippen LogP contribution in [0.5, 0.6) is 0 Å². The van der Waals surface area contributed by atoms with Gasteiger partial charge in [-0.15, -0.1) is 0 Å². The summed E-state index contributed by atoms with van der Waals surface area (Å²) in [4.78, 5) is 12.2. The van der Waals surface area contributed by atoms with Gasteiger partial charge < -0.3 is 10.6 Å². The molecule has 2 N–H and O–H groups in total. The van der Waals surface area contributed by atoms with E-state index in [1.54, 1.807) is 0 Å². The van der Waals surface area contributed by atoms with Crippen LogP contribution in [0.15, 0.2) is 0 Å². The van der Waals surface area contributed by atoms with Gasteiger partial charge in [0.1, 0.15) is 12.0 Å². The normalized spacial score (nSPS) is 41.2. The number of carbonyl (C=O) groups is 1. The lowest BCUT2D eigenvalue weighted by Crippen LogP contribution is -2.64. The largest absolute Gasteiger partial charge is 0.317 e. The van der Waals surface area contributed by atoms with Crippen molar-refractivity contribution < 1.29 is 9.18 Å². The lowest BCUT2D eigenvalue weighted by atomic mass is 9.69. The maximum absolute atomic E-state index is 13.4. The summed E-state index contributed by atoms with van der Waals surface area (Å²) >= 11 is 0. The highest BCUT2D eigenvalue weighted by Crippen LogP contribution is 2.37. The van der Waals surface area contributed by atoms with Gasteiger partial charge in [-0.25, -0.2) is 4.39 Å². The molecule has 4 heteroatoms. The van der Waals surface area contributed by atoms with E-state index in [0.29, 0.717) is 25.0 Å². The van der Waals surface area contributed by atoms with Crippen molar-refractivity contribution in [1.82, 2.24) is 10.6 Å². The minimum Gasteiger partial charge on any atom is -0.317 e. The molecule has 0 amide bonds. The van der Waals surface area contributed by atoms with Crippen LogP contribution in [0.25, 0.3) is 0 Å². The van der Waals surface area contributed by atoms with Crippen LogP contribution < -0.4 is 10.6 Å². The Morgan fingerprint density at radius 2 is 2.00 bits per heavy atom. The smallest absolute Gasteiger partial charge is 0.139 e. The molecule has 3 rings (SSSR count). The average Bonchev–Trinajstić information content (AvgIpc) is 2.31. The van der Waals surface area contributed by atoms with Crippen LogP contribution in [0, 0.1) is 5.92 Å². The number of carbonyl (C=O) groups excluding carboxylic acids is 1. The van der Waals surface area contributed by atoms with Gasteiger partial charge in [-0.2, -0.15) is 0 Å². The lowest BCUT2D eigenvalue weighted by molar-refractivity contribution is -0.131. The number of ketones is 1. The highest BCUT2D eigenvalue weighted by atomic mass is 19.1. The lowest BCUT2D eigenvalue weighted by Gasteiger charge is -2.49. The Morgan fingerprint density at radius 1 is 1.24 bits per heavy atom. The predicted molar refractivity (Wildman–Crippen MR) is 63.6 cm³/mol. The van der Waals surface area contributed by atoms with Crippen LogP contribution in [-0.4, -0.2) is 36.6 Å². The van der Waals surface area contributed by atoms with Crippen molar-refractivity contribution in [2.45, 2.75) is 56.3 Å². The van der Waals surface area contributed by atoms with E-state index in [0.717, 1.165) is 32.4 Å². The summed E-state index contributed by atoms with van der Waals surface area (Å²) in [5, 5.41) is 7.03. The van der Waals surface area contributed by atoms with Crippen molar-refractivity contribution in [3.05, 3.63) is 0 Å². The number of piperidine rings is 2. The van der Waals surface area contributed by atoms with Crippen molar-refractivity contribution in [2.24, 2.45) is 5.92 Å². The predicted octanol–water partition coefficient (Wildman–Crippen LogP) is 1.18. The Hall–Kier alpha value is -0.480. The zero-order valence-electron chi connectivity index (χ0n) is 10.2. The Kier molecular flexibility index (Phi) is 2.95. The first-order valence-corrected chi connectivity index (χ1v) is 6.84. The van der Waals surface area contributed by atoms with Gasteiger partial charge in [-0.3, -0.25) is 4.79 Å². The van der Waals surface area contributed by atoms with E-state index in [1.165, 1.54) is 0 Å². The van der Waals surface area contributed by atoms with E-state index in [2.05, 4.69) is 10.6 Å². The number of hydrogen-bond donors (Lipinski definition) is 2. The summed E-state index contributed by atoms with van der Waals surface area (Å²) in [6.07, 6.45) is 3.81. The molecule has 0 aromatic carbocycles. The van der Waals surface area contributed by atoms with E-state index in [-0.39, 0.29) is 17.5 Å². The molecule has 2 heterocycles. The Labute approximate surface area is 102 Å². The van der Waals surface area contributed by atoms with E-state index < -0.39 is 6.17 Å². The quantitative estimate of drug-likeness (QED) is 0.668. The summed E-state index contributed by atoms with van der Waals surface area (Å²) in [5.74, 6) is 0.247. The summed E-state index contributed by atoms with van der Waals surface area (Å²) in [6, 6.07) is 0.237. The first-order valence-electron chi connectivity index (χ1n) is 6.84. The summed E-state index contributed by atoms with van der Waals surface area (Å²) in [6.45, 7) is 1.98. The number of nitrogens with one attached hydrogen (secondary N) is 2. The van der Waals surface area contributed by atoms with Crippen LogP contribution in [0.1, 0.15) is 38.5 Å². The van der Waals surface area contributed by atoms with Gasteiger partial charge in [0.2, 0.25) is 0 Å². The molecule has 1 spiro atoms. The summed E-state index contributed by atoms with van der Waals surface area (Å²) in [5.41, 5.74) is 0.0205. The van der Waals surface area contributed by atoms with E-state index in [1.807, 2.05) is 0 Å². The van der Waals surface area contributed by atoms with Crippen LogP contribution in [0.4, 0.5) is 4.39 Å². The zero-order chi connectivity index (χ0) is 11.9. The third-order valence-corrected chi connectivity index (χ3v) is 4.76. The molecule has 17 heavy (non-hydrogen) atoms. The van der Waals surface area contributed by atoms with Gasteiger partial charge in [0, 0.05) is 23.9 Å². The fourth-order valence-corrected chi connectivity index (χ4v) is 3.78. The van der Waals surface area contributed by atoms with Crippen LogP contribution >= 0.6 is 0 Å². The average molecular weight is 240 g/mol. The van der Waals surface area contributed by atoms with E-state index >= 15 is 0 Å². The van der Waals surface area contributed by atoms with Crippen molar-refractivity contribution in [3.63, 3.8) is 0 Å². The number of rotatable bonds is 0. The van der Waals surface area contributed by atoms with Crippen LogP contribution in [0.2, 0.25) is 0 Å². The Bertz CT molecular complexity index is 315. The van der Waals surface area contributed by atoms with Gasteiger partial charge in [-0.05, 0) is 45.2 Å². The molecule has 3 fully saturated rings. The molecular weight excluding hydrogens is 219 g/mol. The molecule has 3 unspecified atom stereocenters. The third kappa shape index (κ3) is 2.13. The van der Waals surface area contributed by atoms with Crippen LogP contribution in [0.3, 0.4) is 0 Å². The number of halogens is 1. The first kappa shape index (κ1) is 11.6. The topological polar surface area (TPSA) is 41.1 Å². The van der Waals surface area contributed by atoms with E-state index in [4.69, 9.17) is 0 Å². The highest BCUT2D eigenvalue weighted by molar-refractivity contribution is 5.84. The maximum Gasteiger partial charge on any atom is 0.139 e. The molecular formula is C13H21FN2O. The van der Waals surface area contributed by atoms with Crippen molar-refractivity contribution in [2.75, 3.05) is 13.1 Å². The number of alkyl halides is 1. The van der Waals surface area contributed by atoms with E-state index in [9.17, 15) is 9.18 Å². The molecule has 3 atom stereocenters. The van der Waals surface area contributed by atoms with Gasteiger partial charge in [0.15, 0.2) is 0 Å². The van der Waals surface area contributed by atoms with Crippen molar-refractivity contribution in [1.29, 1.82) is 0 Å². The fourth-order valence-electron chi connectivity index (χ4n) is 3.78. The minimum atomic E-state index is -0.760. The summed E-state index contributed by atoms with van der Waals surface area (Å²) < 4.78 is 13.4. The second kappa shape index (κ2) is 4.32. The minimum absolute atomic E-state index is 0.0205. The van der Waals surface area contributed by atoms with Gasteiger partial charge in [-0.1, -0.05) is 0 Å². The number of Topliss-reactive ketones (excluding diaryl/α,β-unsaturated/α-hetero) is 1. The van der Waals surface area contributed by atoms with Gasteiger partial charge in [0.05, 0.1) is 0 Å². The molecule has 0 aromatic heterocycles. The van der Waals surface area contributed by atoms with Gasteiger partial charge in [0.25, 0.3) is 0 Å². The SMILES string of the molecule is O=C1CC2(CCNCC2)NC2CCC(F)CC12. The second-order valence-corrected chi connectivity index (χ2v) is 5.94. The molecule has 3 nitrogen and oxygen atoms in total. The van der Waals surface area contributed by atoms with Crippen LogP contribution in [-0.2, 0) is 4.79 Å². The van der Waals surface area contributed by atoms with Crippen molar-refractivity contribution in [3.8, 4) is 0 Å². The fraction of sp³-hybridized carbons (Fsp3) is 0.923. The van der Waals surface area contributed by atoms with Gasteiger partial charge >= 0.3 is 0 Å². The molecule has 2 aliphatic heterocycles. The molecule has 0 aromatic rings.